The Labute approximate surface area is 135 Å². The van der Waals surface area contributed by atoms with Crippen molar-refractivity contribution in [1.82, 2.24) is 20.0 Å². The summed E-state index contributed by atoms with van der Waals surface area (Å²) >= 11 is 5.65. The molecule has 0 bridgehead atoms. The molecule has 1 amide bonds. The standard InChI is InChI=1S/C15H12ClFN4O2/c1-21-6-2-3-12(21)14-19-13(23-20-14)8-18-15(22)9-4-5-11(17)10(16)7-9/h2-7H,8H2,1H3,(H,18,22). The van der Waals surface area contributed by atoms with E-state index in [1.807, 2.05) is 29.9 Å². The van der Waals surface area contributed by atoms with E-state index in [1.54, 1.807) is 0 Å². The predicted molar refractivity (Wildman–Crippen MR) is 81.3 cm³/mol. The summed E-state index contributed by atoms with van der Waals surface area (Å²) in [5.41, 5.74) is 1.05. The molecule has 3 aromatic rings. The van der Waals surface area contributed by atoms with Gasteiger partial charge in [-0.3, -0.25) is 4.79 Å². The number of amides is 1. The molecule has 0 fully saturated rings. The van der Waals surface area contributed by atoms with Gasteiger partial charge in [0.15, 0.2) is 0 Å². The molecule has 6 nitrogen and oxygen atoms in total. The maximum atomic E-state index is 13.1. The Bertz CT molecular complexity index is 859. The van der Waals surface area contributed by atoms with Gasteiger partial charge in [0.05, 0.1) is 17.3 Å². The van der Waals surface area contributed by atoms with Crippen molar-refractivity contribution in [3.8, 4) is 11.5 Å². The second-order valence-corrected chi connectivity index (χ2v) is 5.23. The Morgan fingerprint density at radius 2 is 2.26 bits per heavy atom. The predicted octanol–water partition coefficient (Wildman–Crippen LogP) is 2.80. The molecule has 0 saturated carbocycles. The fraction of sp³-hybridized carbons (Fsp3) is 0.133. The largest absolute Gasteiger partial charge is 0.348 e. The highest BCUT2D eigenvalue weighted by molar-refractivity contribution is 6.31. The Morgan fingerprint density at radius 1 is 1.43 bits per heavy atom. The van der Waals surface area contributed by atoms with Crippen LogP contribution in [0.3, 0.4) is 0 Å². The van der Waals surface area contributed by atoms with Crippen LogP contribution in [0.5, 0.6) is 0 Å². The highest BCUT2D eigenvalue weighted by atomic mass is 35.5. The van der Waals surface area contributed by atoms with E-state index in [2.05, 4.69) is 15.5 Å². The van der Waals surface area contributed by atoms with Gasteiger partial charge < -0.3 is 14.4 Å². The zero-order chi connectivity index (χ0) is 16.4. The summed E-state index contributed by atoms with van der Waals surface area (Å²) < 4.78 is 20.0. The highest BCUT2D eigenvalue weighted by Crippen LogP contribution is 2.17. The minimum absolute atomic E-state index is 0.0608. The summed E-state index contributed by atoms with van der Waals surface area (Å²) in [5, 5.41) is 6.37. The number of halogens is 2. The van der Waals surface area contributed by atoms with E-state index in [9.17, 15) is 9.18 Å². The molecule has 0 atom stereocenters. The molecule has 8 heteroatoms. The molecule has 3 rings (SSSR count). The van der Waals surface area contributed by atoms with Gasteiger partial charge in [-0.25, -0.2) is 4.39 Å². The van der Waals surface area contributed by atoms with Gasteiger partial charge in [0.25, 0.3) is 5.91 Å². The molecule has 2 heterocycles. The van der Waals surface area contributed by atoms with Gasteiger partial charge in [0, 0.05) is 18.8 Å². The third-order valence-electron chi connectivity index (χ3n) is 3.22. The number of benzene rings is 1. The van der Waals surface area contributed by atoms with Crippen LogP contribution in [0.25, 0.3) is 11.5 Å². The third kappa shape index (κ3) is 3.24. The molecule has 1 aromatic carbocycles. The second kappa shape index (κ2) is 6.21. The van der Waals surface area contributed by atoms with Gasteiger partial charge in [-0.05, 0) is 30.3 Å². The van der Waals surface area contributed by atoms with Crippen molar-refractivity contribution in [2.45, 2.75) is 6.54 Å². The van der Waals surface area contributed by atoms with E-state index < -0.39 is 11.7 Å². The summed E-state index contributed by atoms with van der Waals surface area (Å²) in [6, 6.07) is 7.46. The lowest BCUT2D eigenvalue weighted by molar-refractivity contribution is 0.0946. The van der Waals surface area contributed by atoms with E-state index in [-0.39, 0.29) is 23.0 Å². The zero-order valence-corrected chi connectivity index (χ0v) is 12.8. The number of aryl methyl sites for hydroxylation is 1. The van der Waals surface area contributed by atoms with Crippen molar-refractivity contribution < 1.29 is 13.7 Å². The number of nitrogens with zero attached hydrogens (tertiary/aromatic N) is 3. The topological polar surface area (TPSA) is 73.0 Å². The lowest BCUT2D eigenvalue weighted by atomic mass is 10.2. The van der Waals surface area contributed by atoms with E-state index in [0.717, 1.165) is 11.8 Å². The molecule has 118 valence electrons. The minimum atomic E-state index is -0.577. The monoisotopic (exact) mass is 334 g/mol. The normalized spacial score (nSPS) is 10.7. The zero-order valence-electron chi connectivity index (χ0n) is 12.1. The molecule has 0 spiro atoms. The molecule has 0 aliphatic carbocycles. The van der Waals surface area contributed by atoms with Crippen LogP contribution in [0, 0.1) is 5.82 Å². The van der Waals surface area contributed by atoms with E-state index in [0.29, 0.717) is 5.82 Å². The smallest absolute Gasteiger partial charge is 0.251 e. The first kappa shape index (κ1) is 15.2. The summed E-state index contributed by atoms with van der Waals surface area (Å²) in [5.74, 6) is -0.285. The van der Waals surface area contributed by atoms with Gasteiger partial charge in [0.1, 0.15) is 5.82 Å². The van der Waals surface area contributed by atoms with Crippen molar-refractivity contribution >= 4 is 17.5 Å². The molecular weight excluding hydrogens is 323 g/mol. The van der Waals surface area contributed by atoms with Crippen molar-refractivity contribution in [2.24, 2.45) is 7.05 Å². The van der Waals surface area contributed by atoms with Crippen LogP contribution in [0.4, 0.5) is 4.39 Å². The van der Waals surface area contributed by atoms with Crippen LogP contribution in [0.15, 0.2) is 41.1 Å². The van der Waals surface area contributed by atoms with Gasteiger partial charge in [-0.2, -0.15) is 4.98 Å². The minimum Gasteiger partial charge on any atom is -0.348 e. The van der Waals surface area contributed by atoms with Gasteiger partial charge >= 0.3 is 0 Å². The first-order valence-corrected chi connectivity index (χ1v) is 7.10. The quantitative estimate of drug-likeness (QED) is 0.796. The number of carbonyl (C=O) groups is 1. The molecule has 0 unspecified atom stereocenters. The van der Waals surface area contributed by atoms with Crippen molar-refractivity contribution in [1.29, 1.82) is 0 Å². The molecule has 2 aromatic heterocycles. The number of hydrogen-bond acceptors (Lipinski definition) is 4. The number of aromatic nitrogens is 3. The summed E-state index contributed by atoms with van der Waals surface area (Å²) in [4.78, 5) is 16.2. The fourth-order valence-electron chi connectivity index (χ4n) is 2.02. The Kier molecular flexibility index (Phi) is 4.12. The van der Waals surface area contributed by atoms with E-state index >= 15 is 0 Å². The number of rotatable bonds is 4. The first-order valence-electron chi connectivity index (χ1n) is 6.72. The third-order valence-corrected chi connectivity index (χ3v) is 3.51. The number of carbonyl (C=O) groups excluding carboxylic acids is 1. The van der Waals surface area contributed by atoms with E-state index in [4.69, 9.17) is 16.1 Å². The number of nitrogens with one attached hydrogen (secondary N) is 1. The average Bonchev–Trinajstić information content (AvgIpc) is 3.16. The van der Waals surface area contributed by atoms with Gasteiger partial charge in [-0.15, -0.1) is 0 Å². The molecule has 0 aliphatic heterocycles. The van der Waals surface area contributed by atoms with Crippen molar-refractivity contribution in [3.05, 3.63) is 58.8 Å². The molecular formula is C15H12ClFN4O2. The van der Waals surface area contributed by atoms with Gasteiger partial charge in [-0.1, -0.05) is 16.8 Å². The first-order chi connectivity index (χ1) is 11.0. The maximum Gasteiger partial charge on any atom is 0.251 e. The molecule has 1 N–H and O–H groups in total. The Morgan fingerprint density at radius 3 is 2.96 bits per heavy atom. The lowest BCUT2D eigenvalue weighted by Crippen LogP contribution is -2.23. The van der Waals surface area contributed by atoms with Crippen molar-refractivity contribution in [3.63, 3.8) is 0 Å². The fourth-order valence-corrected chi connectivity index (χ4v) is 2.20. The van der Waals surface area contributed by atoms with Crippen LogP contribution in [0.1, 0.15) is 16.2 Å². The van der Waals surface area contributed by atoms with Crippen LogP contribution < -0.4 is 5.32 Å². The Balaban J connectivity index is 1.66. The summed E-state index contributed by atoms with van der Waals surface area (Å²) in [6.07, 6.45) is 1.87. The Hall–Kier alpha value is -2.67. The van der Waals surface area contributed by atoms with Crippen molar-refractivity contribution in [2.75, 3.05) is 0 Å². The second-order valence-electron chi connectivity index (χ2n) is 4.83. The van der Waals surface area contributed by atoms with Crippen LogP contribution >= 0.6 is 11.6 Å². The van der Waals surface area contributed by atoms with Crippen LogP contribution in [-0.2, 0) is 13.6 Å². The highest BCUT2D eigenvalue weighted by Gasteiger charge is 2.13. The molecule has 0 radical (unpaired) electrons. The van der Waals surface area contributed by atoms with Gasteiger partial charge in [0.2, 0.25) is 11.7 Å². The summed E-state index contributed by atoms with van der Waals surface area (Å²) in [6.45, 7) is 0.0608. The SMILES string of the molecule is Cn1cccc1-c1noc(CNC(=O)c2ccc(F)c(Cl)c2)n1. The lowest BCUT2D eigenvalue weighted by Gasteiger charge is -2.03. The van der Waals surface area contributed by atoms with Crippen LogP contribution in [0.2, 0.25) is 5.02 Å². The molecule has 0 aliphatic rings. The maximum absolute atomic E-state index is 13.1. The average molecular weight is 335 g/mol. The summed E-state index contributed by atoms with van der Waals surface area (Å²) in [7, 11) is 1.87. The van der Waals surface area contributed by atoms with Crippen LogP contribution in [-0.4, -0.2) is 20.6 Å². The molecule has 0 saturated heterocycles. The number of hydrogen-bond donors (Lipinski definition) is 1. The van der Waals surface area contributed by atoms with E-state index in [1.165, 1.54) is 12.1 Å². The molecule has 23 heavy (non-hydrogen) atoms.